The Kier molecular flexibility index (Phi) is 2.91. The van der Waals surface area contributed by atoms with Crippen molar-refractivity contribution in [2.24, 2.45) is 0 Å². The number of rotatable bonds is 2. The molecule has 0 aliphatic carbocycles. The fourth-order valence-electron chi connectivity index (χ4n) is 2.00. The Labute approximate surface area is 89.4 Å². The highest BCUT2D eigenvalue weighted by atomic mass is 16.5. The van der Waals surface area contributed by atoms with Gasteiger partial charge in [0.05, 0.1) is 5.56 Å². The van der Waals surface area contributed by atoms with Gasteiger partial charge < -0.3 is 9.15 Å². The smallest absolute Gasteiger partial charge is 0.195 e. The number of hydrogen-bond donors (Lipinski definition) is 0. The molecule has 1 unspecified atom stereocenters. The molecule has 1 aliphatic rings. The number of furan rings is 1. The Morgan fingerprint density at radius 2 is 2.20 bits per heavy atom. The van der Waals surface area contributed by atoms with Gasteiger partial charge in [-0.15, -0.1) is 0 Å². The molecule has 0 aromatic carbocycles. The quantitative estimate of drug-likeness (QED) is 0.701. The second-order valence-electron chi connectivity index (χ2n) is 4.05. The van der Waals surface area contributed by atoms with Gasteiger partial charge in [0, 0.05) is 6.61 Å². The summed E-state index contributed by atoms with van der Waals surface area (Å²) in [5, 5.41) is 0. The van der Waals surface area contributed by atoms with E-state index < -0.39 is 0 Å². The summed E-state index contributed by atoms with van der Waals surface area (Å²) in [5.41, 5.74) is 0.680. The molecule has 0 spiro atoms. The second kappa shape index (κ2) is 4.19. The summed E-state index contributed by atoms with van der Waals surface area (Å²) in [5.74, 6) is 1.56. The molecule has 0 amide bonds. The lowest BCUT2D eigenvalue weighted by molar-refractivity contribution is 0.0185. The molecule has 82 valence electrons. The van der Waals surface area contributed by atoms with Crippen molar-refractivity contribution in [3.8, 4) is 0 Å². The first-order chi connectivity index (χ1) is 7.18. The third kappa shape index (κ3) is 2.12. The molecule has 15 heavy (non-hydrogen) atoms. The van der Waals surface area contributed by atoms with E-state index in [1.807, 2.05) is 13.8 Å². The van der Waals surface area contributed by atoms with Crippen molar-refractivity contribution in [1.82, 2.24) is 0 Å². The van der Waals surface area contributed by atoms with Gasteiger partial charge in [0.15, 0.2) is 5.78 Å². The highest BCUT2D eigenvalue weighted by Crippen LogP contribution is 2.21. The van der Waals surface area contributed by atoms with Crippen LogP contribution in [0.4, 0.5) is 0 Å². The molecule has 1 aromatic heterocycles. The van der Waals surface area contributed by atoms with Crippen LogP contribution in [0.15, 0.2) is 10.5 Å². The highest BCUT2D eigenvalue weighted by molar-refractivity contribution is 6.00. The fraction of sp³-hybridized carbons (Fsp3) is 0.583. The maximum absolute atomic E-state index is 12.0. The number of ether oxygens (including phenoxy) is 1. The number of hydrogen-bond acceptors (Lipinski definition) is 3. The van der Waals surface area contributed by atoms with Gasteiger partial charge in [-0.25, -0.2) is 0 Å². The molecule has 0 bridgehead atoms. The predicted molar refractivity (Wildman–Crippen MR) is 56.1 cm³/mol. The number of aryl methyl sites for hydroxylation is 2. The van der Waals surface area contributed by atoms with Crippen LogP contribution in [0.25, 0.3) is 0 Å². The Hall–Kier alpha value is -1.09. The monoisotopic (exact) mass is 208 g/mol. The van der Waals surface area contributed by atoms with Crippen LogP contribution >= 0.6 is 0 Å². The van der Waals surface area contributed by atoms with Gasteiger partial charge in [0.1, 0.15) is 17.6 Å². The molecule has 0 radical (unpaired) electrons. The van der Waals surface area contributed by atoms with Crippen molar-refractivity contribution in [3.63, 3.8) is 0 Å². The minimum absolute atomic E-state index is 0.0732. The van der Waals surface area contributed by atoms with Crippen molar-refractivity contribution >= 4 is 5.78 Å². The molecule has 1 saturated heterocycles. The van der Waals surface area contributed by atoms with Crippen LogP contribution in [-0.4, -0.2) is 18.5 Å². The Balaban J connectivity index is 2.16. The lowest BCUT2D eigenvalue weighted by Gasteiger charge is -2.20. The predicted octanol–water partition coefficient (Wildman–Crippen LogP) is 2.65. The van der Waals surface area contributed by atoms with E-state index in [1.54, 1.807) is 6.07 Å². The largest absolute Gasteiger partial charge is 0.466 e. The van der Waals surface area contributed by atoms with E-state index in [2.05, 4.69) is 0 Å². The molecular weight excluding hydrogens is 192 g/mol. The van der Waals surface area contributed by atoms with Gasteiger partial charge in [-0.2, -0.15) is 0 Å². The maximum atomic E-state index is 12.0. The van der Waals surface area contributed by atoms with Crippen LogP contribution < -0.4 is 0 Å². The van der Waals surface area contributed by atoms with Gasteiger partial charge >= 0.3 is 0 Å². The molecule has 1 aromatic rings. The third-order valence-electron chi connectivity index (χ3n) is 2.78. The zero-order valence-corrected chi connectivity index (χ0v) is 9.21. The first-order valence-corrected chi connectivity index (χ1v) is 5.41. The van der Waals surface area contributed by atoms with E-state index in [0.29, 0.717) is 17.9 Å². The normalized spacial score (nSPS) is 21.6. The molecule has 1 atom stereocenters. The SMILES string of the molecule is Cc1cc(C(=O)C2CCCCO2)c(C)o1. The fourth-order valence-corrected chi connectivity index (χ4v) is 2.00. The van der Waals surface area contributed by atoms with Crippen molar-refractivity contribution in [2.75, 3.05) is 6.61 Å². The van der Waals surface area contributed by atoms with Crippen LogP contribution in [0.5, 0.6) is 0 Å². The minimum Gasteiger partial charge on any atom is -0.466 e. The summed E-state index contributed by atoms with van der Waals surface area (Å²) < 4.78 is 10.8. The third-order valence-corrected chi connectivity index (χ3v) is 2.78. The molecule has 1 aliphatic heterocycles. The zero-order valence-electron chi connectivity index (χ0n) is 9.21. The second-order valence-corrected chi connectivity index (χ2v) is 4.05. The van der Waals surface area contributed by atoms with Crippen LogP contribution in [0.2, 0.25) is 0 Å². The van der Waals surface area contributed by atoms with Crippen LogP contribution in [0, 0.1) is 13.8 Å². The summed E-state index contributed by atoms with van der Waals surface area (Å²) >= 11 is 0. The van der Waals surface area contributed by atoms with E-state index in [4.69, 9.17) is 9.15 Å². The highest BCUT2D eigenvalue weighted by Gasteiger charge is 2.25. The molecule has 3 heteroatoms. The van der Waals surface area contributed by atoms with Crippen molar-refractivity contribution < 1.29 is 13.9 Å². The molecule has 2 heterocycles. The van der Waals surface area contributed by atoms with E-state index in [1.165, 1.54) is 0 Å². The Morgan fingerprint density at radius 1 is 1.40 bits per heavy atom. The molecule has 0 saturated carbocycles. The molecule has 2 rings (SSSR count). The van der Waals surface area contributed by atoms with E-state index in [9.17, 15) is 4.79 Å². The summed E-state index contributed by atoms with van der Waals surface area (Å²) in [6, 6.07) is 1.80. The Morgan fingerprint density at radius 3 is 2.73 bits per heavy atom. The average Bonchev–Trinajstić information content (AvgIpc) is 2.58. The summed E-state index contributed by atoms with van der Waals surface area (Å²) in [7, 11) is 0. The van der Waals surface area contributed by atoms with Gasteiger partial charge in [0.2, 0.25) is 0 Å². The minimum atomic E-state index is -0.255. The maximum Gasteiger partial charge on any atom is 0.195 e. The average molecular weight is 208 g/mol. The number of carbonyl (C=O) groups is 1. The van der Waals surface area contributed by atoms with Gasteiger partial charge in [-0.05, 0) is 39.2 Å². The summed E-state index contributed by atoms with van der Waals surface area (Å²) in [4.78, 5) is 12.0. The number of ketones is 1. The van der Waals surface area contributed by atoms with E-state index in [0.717, 1.165) is 25.0 Å². The van der Waals surface area contributed by atoms with Gasteiger partial charge in [-0.1, -0.05) is 0 Å². The number of Topliss-reactive ketones (excluding diaryl/α,β-unsaturated/α-hetero) is 1. The topological polar surface area (TPSA) is 39.4 Å². The van der Waals surface area contributed by atoms with Crippen LogP contribution in [0.3, 0.4) is 0 Å². The first-order valence-electron chi connectivity index (χ1n) is 5.41. The lowest BCUT2D eigenvalue weighted by atomic mass is 10.0. The molecule has 3 nitrogen and oxygen atoms in total. The lowest BCUT2D eigenvalue weighted by Crippen LogP contribution is -2.28. The van der Waals surface area contributed by atoms with Crippen LogP contribution in [-0.2, 0) is 4.74 Å². The standard InChI is InChI=1S/C12H16O3/c1-8-7-10(9(2)15-8)12(13)11-5-3-4-6-14-11/h7,11H,3-6H2,1-2H3. The van der Waals surface area contributed by atoms with Crippen molar-refractivity contribution in [2.45, 2.75) is 39.2 Å². The summed E-state index contributed by atoms with van der Waals surface area (Å²) in [6.45, 7) is 4.38. The molecule has 0 N–H and O–H groups in total. The van der Waals surface area contributed by atoms with Crippen LogP contribution in [0.1, 0.15) is 41.1 Å². The van der Waals surface area contributed by atoms with Gasteiger partial charge in [-0.3, -0.25) is 4.79 Å². The molecular formula is C12H16O3. The number of carbonyl (C=O) groups excluding carboxylic acids is 1. The zero-order chi connectivity index (χ0) is 10.8. The summed E-state index contributed by atoms with van der Waals surface area (Å²) in [6.07, 6.45) is 2.72. The molecule has 1 fully saturated rings. The first kappa shape index (κ1) is 10.4. The van der Waals surface area contributed by atoms with Gasteiger partial charge in [0.25, 0.3) is 0 Å². The Bertz CT molecular complexity index is 359. The van der Waals surface area contributed by atoms with E-state index in [-0.39, 0.29) is 11.9 Å². The van der Waals surface area contributed by atoms with Crippen molar-refractivity contribution in [3.05, 3.63) is 23.2 Å². The van der Waals surface area contributed by atoms with Crippen molar-refractivity contribution in [1.29, 1.82) is 0 Å². The van der Waals surface area contributed by atoms with E-state index >= 15 is 0 Å².